The van der Waals surface area contributed by atoms with Gasteiger partial charge in [0.05, 0.1) is 6.61 Å². The summed E-state index contributed by atoms with van der Waals surface area (Å²) < 4.78 is 5.15. The molecule has 19 heavy (non-hydrogen) atoms. The first-order valence-electron chi connectivity index (χ1n) is 6.29. The van der Waals surface area contributed by atoms with Gasteiger partial charge in [-0.2, -0.15) is 0 Å². The molecule has 1 unspecified atom stereocenters. The lowest BCUT2D eigenvalue weighted by Gasteiger charge is -2.20. The smallest absolute Gasteiger partial charge is 0.271 e. The van der Waals surface area contributed by atoms with Crippen LogP contribution in [0.25, 0.3) is 0 Å². The molecule has 2 rings (SSSR count). The average molecular weight is 266 g/mol. The van der Waals surface area contributed by atoms with Gasteiger partial charge in [0.15, 0.2) is 5.69 Å². The molecule has 0 saturated carbocycles. The summed E-state index contributed by atoms with van der Waals surface area (Å²) >= 11 is 0. The number of carbonyl (C=O) groups is 1. The number of aromatic nitrogens is 2. The summed E-state index contributed by atoms with van der Waals surface area (Å²) in [5.41, 5.74) is -0.574. The van der Waals surface area contributed by atoms with Crippen LogP contribution in [0.4, 0.5) is 5.82 Å². The molecule has 0 aromatic carbocycles. The van der Waals surface area contributed by atoms with E-state index < -0.39 is 5.60 Å². The van der Waals surface area contributed by atoms with Crippen molar-refractivity contribution in [2.45, 2.75) is 18.9 Å². The monoisotopic (exact) mass is 266 g/mol. The zero-order chi connectivity index (χ0) is 13.7. The minimum absolute atomic E-state index is 0.246. The molecule has 1 atom stereocenters. The molecular formula is C12H18N4O3. The van der Waals surface area contributed by atoms with Crippen molar-refractivity contribution in [3.8, 4) is 0 Å². The summed E-state index contributed by atoms with van der Waals surface area (Å²) in [6, 6.07) is 3.26. The van der Waals surface area contributed by atoms with Gasteiger partial charge in [-0.3, -0.25) is 4.79 Å². The molecule has 1 aromatic rings. The van der Waals surface area contributed by atoms with Gasteiger partial charge in [-0.1, -0.05) is 0 Å². The SMILES string of the molecule is CCNC(=O)c1ccc(NCC2(O)CCOC2)nn1. The van der Waals surface area contributed by atoms with Crippen molar-refractivity contribution in [1.82, 2.24) is 15.5 Å². The van der Waals surface area contributed by atoms with Gasteiger partial charge in [0.1, 0.15) is 11.4 Å². The van der Waals surface area contributed by atoms with Crippen LogP contribution in [0.15, 0.2) is 12.1 Å². The van der Waals surface area contributed by atoms with E-state index in [2.05, 4.69) is 20.8 Å². The van der Waals surface area contributed by atoms with Crippen molar-refractivity contribution >= 4 is 11.7 Å². The summed E-state index contributed by atoms with van der Waals surface area (Å²) in [5.74, 6) is 0.276. The minimum atomic E-state index is -0.847. The van der Waals surface area contributed by atoms with Gasteiger partial charge in [0.2, 0.25) is 0 Å². The van der Waals surface area contributed by atoms with Gasteiger partial charge in [0, 0.05) is 26.1 Å². The molecule has 1 amide bonds. The van der Waals surface area contributed by atoms with Crippen LogP contribution < -0.4 is 10.6 Å². The van der Waals surface area contributed by atoms with E-state index in [1.54, 1.807) is 12.1 Å². The highest BCUT2D eigenvalue weighted by atomic mass is 16.5. The molecule has 1 saturated heterocycles. The first-order valence-corrected chi connectivity index (χ1v) is 6.29. The van der Waals surface area contributed by atoms with E-state index in [0.717, 1.165) is 0 Å². The summed E-state index contributed by atoms with van der Waals surface area (Å²) in [6.45, 7) is 3.63. The largest absolute Gasteiger partial charge is 0.386 e. The number of amides is 1. The van der Waals surface area contributed by atoms with Crippen molar-refractivity contribution < 1.29 is 14.6 Å². The second-order valence-corrected chi connectivity index (χ2v) is 4.54. The van der Waals surface area contributed by atoms with Crippen LogP contribution in [-0.4, -0.2) is 53.1 Å². The highest BCUT2D eigenvalue weighted by Crippen LogP contribution is 2.18. The second-order valence-electron chi connectivity index (χ2n) is 4.54. The van der Waals surface area contributed by atoms with Crippen molar-refractivity contribution in [3.63, 3.8) is 0 Å². The van der Waals surface area contributed by atoms with E-state index in [-0.39, 0.29) is 11.6 Å². The first-order chi connectivity index (χ1) is 9.13. The van der Waals surface area contributed by atoms with Gasteiger partial charge >= 0.3 is 0 Å². The van der Waals surface area contributed by atoms with Gasteiger partial charge < -0.3 is 20.5 Å². The first kappa shape index (κ1) is 13.7. The number of nitrogens with zero attached hydrogens (tertiary/aromatic N) is 2. The van der Waals surface area contributed by atoms with E-state index in [4.69, 9.17) is 4.74 Å². The zero-order valence-corrected chi connectivity index (χ0v) is 10.8. The Balaban J connectivity index is 1.90. The van der Waals surface area contributed by atoms with E-state index >= 15 is 0 Å². The summed E-state index contributed by atoms with van der Waals surface area (Å²) in [7, 11) is 0. The number of nitrogens with one attached hydrogen (secondary N) is 2. The van der Waals surface area contributed by atoms with Crippen LogP contribution in [0.5, 0.6) is 0 Å². The Kier molecular flexibility index (Phi) is 4.28. The van der Waals surface area contributed by atoms with Crippen LogP contribution in [-0.2, 0) is 4.74 Å². The molecule has 0 spiro atoms. The van der Waals surface area contributed by atoms with Crippen molar-refractivity contribution in [2.24, 2.45) is 0 Å². The molecule has 1 fully saturated rings. The van der Waals surface area contributed by atoms with Crippen molar-refractivity contribution in [2.75, 3.05) is 31.6 Å². The van der Waals surface area contributed by atoms with Gasteiger partial charge in [-0.05, 0) is 19.1 Å². The lowest BCUT2D eigenvalue weighted by Crippen LogP contribution is -2.37. The Morgan fingerprint density at radius 1 is 1.53 bits per heavy atom. The molecule has 2 heterocycles. The fourth-order valence-corrected chi connectivity index (χ4v) is 1.79. The fourth-order valence-electron chi connectivity index (χ4n) is 1.79. The topological polar surface area (TPSA) is 96.4 Å². The molecule has 0 radical (unpaired) electrons. The Morgan fingerprint density at radius 2 is 2.37 bits per heavy atom. The second kappa shape index (κ2) is 5.94. The van der Waals surface area contributed by atoms with E-state index in [1.165, 1.54) is 0 Å². The summed E-state index contributed by atoms with van der Waals surface area (Å²) in [6.07, 6.45) is 0.602. The standard InChI is InChI=1S/C12H18N4O3/c1-2-13-11(17)9-3-4-10(16-15-9)14-7-12(18)5-6-19-8-12/h3-4,18H,2,5-8H2,1H3,(H,13,17)(H,14,16). The maximum Gasteiger partial charge on any atom is 0.271 e. The van der Waals surface area contributed by atoms with Crippen LogP contribution in [0.1, 0.15) is 23.8 Å². The number of ether oxygens (including phenoxy) is 1. The molecule has 1 aliphatic heterocycles. The Labute approximate surface area is 111 Å². The van der Waals surface area contributed by atoms with Crippen molar-refractivity contribution in [3.05, 3.63) is 17.8 Å². The van der Waals surface area contributed by atoms with E-state index in [0.29, 0.717) is 38.5 Å². The van der Waals surface area contributed by atoms with Crippen LogP contribution in [0.3, 0.4) is 0 Å². The number of hydrogen-bond acceptors (Lipinski definition) is 6. The lowest BCUT2D eigenvalue weighted by molar-refractivity contribution is 0.0381. The van der Waals surface area contributed by atoms with Crippen LogP contribution in [0, 0.1) is 0 Å². The van der Waals surface area contributed by atoms with E-state index in [9.17, 15) is 9.90 Å². The molecule has 7 heteroatoms. The summed E-state index contributed by atoms with van der Waals surface area (Å²) in [4.78, 5) is 11.5. The maximum atomic E-state index is 11.5. The van der Waals surface area contributed by atoms with Gasteiger partial charge in [0.25, 0.3) is 5.91 Å². The lowest BCUT2D eigenvalue weighted by atomic mass is 10.0. The number of rotatable bonds is 5. The predicted molar refractivity (Wildman–Crippen MR) is 68.9 cm³/mol. The highest BCUT2D eigenvalue weighted by molar-refractivity contribution is 5.92. The third-order valence-corrected chi connectivity index (χ3v) is 2.92. The van der Waals surface area contributed by atoms with E-state index in [1.807, 2.05) is 6.92 Å². The number of hydrogen-bond donors (Lipinski definition) is 3. The fraction of sp³-hybridized carbons (Fsp3) is 0.583. The number of carbonyl (C=O) groups excluding carboxylic acids is 1. The maximum absolute atomic E-state index is 11.5. The molecule has 104 valence electrons. The third kappa shape index (κ3) is 3.62. The highest BCUT2D eigenvalue weighted by Gasteiger charge is 2.31. The molecular weight excluding hydrogens is 248 g/mol. The summed E-state index contributed by atoms with van der Waals surface area (Å²) in [5, 5.41) is 23.4. The van der Waals surface area contributed by atoms with Crippen LogP contribution in [0.2, 0.25) is 0 Å². The Hall–Kier alpha value is -1.73. The zero-order valence-electron chi connectivity index (χ0n) is 10.8. The number of anilines is 1. The van der Waals surface area contributed by atoms with Gasteiger partial charge in [-0.25, -0.2) is 0 Å². The molecule has 0 aliphatic carbocycles. The minimum Gasteiger partial charge on any atom is -0.386 e. The normalized spacial score (nSPS) is 22.2. The average Bonchev–Trinajstić information content (AvgIpc) is 2.85. The van der Waals surface area contributed by atoms with Crippen LogP contribution >= 0.6 is 0 Å². The molecule has 1 aromatic heterocycles. The van der Waals surface area contributed by atoms with Gasteiger partial charge in [-0.15, -0.1) is 10.2 Å². The molecule has 1 aliphatic rings. The predicted octanol–water partition coefficient (Wildman–Crippen LogP) is -0.210. The quantitative estimate of drug-likeness (QED) is 0.682. The Bertz CT molecular complexity index is 429. The van der Waals surface area contributed by atoms with Crippen molar-refractivity contribution in [1.29, 1.82) is 0 Å². The number of aliphatic hydroxyl groups is 1. The third-order valence-electron chi connectivity index (χ3n) is 2.92. The molecule has 7 nitrogen and oxygen atoms in total. The molecule has 0 bridgehead atoms. The Morgan fingerprint density at radius 3 is 2.95 bits per heavy atom. The molecule has 3 N–H and O–H groups in total.